The summed E-state index contributed by atoms with van der Waals surface area (Å²) >= 11 is 5.96. The van der Waals surface area contributed by atoms with Gasteiger partial charge in [0.25, 0.3) is 0 Å². The molecule has 0 saturated carbocycles. The van der Waals surface area contributed by atoms with Crippen LogP contribution in [0.4, 0.5) is 5.69 Å². The van der Waals surface area contributed by atoms with Gasteiger partial charge in [0, 0.05) is 30.4 Å². The molecule has 3 aliphatic rings. The Balaban J connectivity index is 1.71. The molecular weight excluding hydrogens is 446 g/mol. The Morgan fingerprint density at radius 2 is 1.94 bits per heavy atom. The maximum Gasteiger partial charge on any atom is 0.250 e. The van der Waals surface area contributed by atoms with E-state index < -0.39 is 29.1 Å². The highest BCUT2D eigenvalue weighted by molar-refractivity contribution is 6.30. The summed E-state index contributed by atoms with van der Waals surface area (Å²) in [6.07, 6.45) is 2.87. The fourth-order valence-corrected chi connectivity index (χ4v) is 6.13. The van der Waals surface area contributed by atoms with E-state index in [4.69, 9.17) is 16.3 Å². The zero-order valence-electron chi connectivity index (χ0n) is 19.1. The molecule has 3 fully saturated rings. The number of aliphatic hydroxyl groups is 1. The number of carbonyl (C=O) groups excluding carboxylic acids is 3. The van der Waals surface area contributed by atoms with Crippen molar-refractivity contribution in [1.82, 2.24) is 10.2 Å². The van der Waals surface area contributed by atoms with Gasteiger partial charge in [-0.25, -0.2) is 0 Å². The molecule has 3 amide bonds. The highest BCUT2D eigenvalue weighted by atomic mass is 35.5. The van der Waals surface area contributed by atoms with E-state index in [1.165, 1.54) is 4.90 Å². The zero-order chi connectivity index (χ0) is 23.8. The molecule has 2 unspecified atom stereocenters. The van der Waals surface area contributed by atoms with Crippen LogP contribution in [0.15, 0.2) is 24.3 Å². The number of benzene rings is 1. The zero-order valence-corrected chi connectivity index (χ0v) is 19.9. The SMILES string of the molecule is CCCNC(=O)[C@@H]1[C@H]2C(=O)N(CCCO)C(C(=O)Nc3ccc(Cl)cc3)C23CC[C@@]1(CC)O3. The van der Waals surface area contributed by atoms with Gasteiger partial charge in [-0.2, -0.15) is 0 Å². The molecule has 3 saturated heterocycles. The Morgan fingerprint density at radius 3 is 2.58 bits per heavy atom. The molecule has 33 heavy (non-hydrogen) atoms. The molecule has 0 radical (unpaired) electrons. The summed E-state index contributed by atoms with van der Waals surface area (Å²) in [7, 11) is 0. The summed E-state index contributed by atoms with van der Waals surface area (Å²) in [5.74, 6) is -2.14. The number of ether oxygens (including phenoxy) is 1. The number of rotatable bonds is 9. The maximum atomic E-state index is 13.7. The smallest absolute Gasteiger partial charge is 0.250 e. The molecule has 3 heterocycles. The molecule has 180 valence electrons. The Labute approximate surface area is 199 Å². The summed E-state index contributed by atoms with van der Waals surface area (Å²) in [4.78, 5) is 42.1. The minimum Gasteiger partial charge on any atom is -0.396 e. The quantitative estimate of drug-likeness (QED) is 0.506. The fourth-order valence-electron chi connectivity index (χ4n) is 6.00. The van der Waals surface area contributed by atoms with Crippen LogP contribution in [0.3, 0.4) is 0 Å². The second kappa shape index (κ2) is 9.24. The molecule has 3 N–H and O–H groups in total. The van der Waals surface area contributed by atoms with E-state index in [0.717, 1.165) is 6.42 Å². The normalized spacial score (nSPS) is 32.2. The number of hydrogen-bond acceptors (Lipinski definition) is 5. The molecule has 1 aromatic rings. The van der Waals surface area contributed by atoms with Gasteiger partial charge in [0.2, 0.25) is 17.7 Å². The molecule has 3 aliphatic heterocycles. The molecule has 9 heteroatoms. The summed E-state index contributed by atoms with van der Waals surface area (Å²) in [5, 5.41) is 15.8. The standard InChI is InChI=1S/C24H32ClN3O5/c1-3-12-26-20(30)17-18-22(32)28(13-5-14-29)19(24(18)11-10-23(17,4-2)33-24)21(31)27-16-8-6-15(25)7-9-16/h6-9,17-19,29H,3-5,10-14H2,1-2H3,(H,26,30)(H,27,31)/t17-,18-,19?,23+,24?/m0/s1. The Kier molecular flexibility index (Phi) is 6.71. The average molecular weight is 478 g/mol. The van der Waals surface area contributed by atoms with Crippen molar-refractivity contribution in [3.63, 3.8) is 0 Å². The van der Waals surface area contributed by atoms with Crippen LogP contribution in [0.25, 0.3) is 0 Å². The lowest BCUT2D eigenvalue weighted by Crippen LogP contribution is -2.53. The van der Waals surface area contributed by atoms with Crippen molar-refractivity contribution in [3.8, 4) is 0 Å². The van der Waals surface area contributed by atoms with Gasteiger partial charge in [0.1, 0.15) is 11.6 Å². The van der Waals surface area contributed by atoms with Crippen LogP contribution in [0.1, 0.15) is 46.0 Å². The van der Waals surface area contributed by atoms with Gasteiger partial charge in [0.05, 0.1) is 17.4 Å². The van der Waals surface area contributed by atoms with Crippen molar-refractivity contribution in [2.75, 3.05) is 25.0 Å². The lowest BCUT2D eigenvalue weighted by atomic mass is 9.65. The number of hydrogen-bond donors (Lipinski definition) is 3. The van der Waals surface area contributed by atoms with Crippen LogP contribution >= 0.6 is 11.6 Å². The number of halogens is 1. The number of nitrogens with zero attached hydrogens (tertiary/aromatic N) is 1. The average Bonchev–Trinajstić information content (AvgIpc) is 3.41. The van der Waals surface area contributed by atoms with Crippen LogP contribution in [0.5, 0.6) is 0 Å². The number of nitrogens with one attached hydrogen (secondary N) is 2. The fraction of sp³-hybridized carbons (Fsp3) is 0.625. The summed E-state index contributed by atoms with van der Waals surface area (Å²) < 4.78 is 6.64. The molecular formula is C24H32ClN3O5. The largest absolute Gasteiger partial charge is 0.396 e. The lowest BCUT2D eigenvalue weighted by Gasteiger charge is -2.34. The predicted octanol–water partition coefficient (Wildman–Crippen LogP) is 2.34. The van der Waals surface area contributed by atoms with Crippen LogP contribution in [0, 0.1) is 11.8 Å². The first-order chi connectivity index (χ1) is 15.8. The van der Waals surface area contributed by atoms with Crippen molar-refractivity contribution >= 4 is 35.0 Å². The molecule has 1 aromatic carbocycles. The monoisotopic (exact) mass is 477 g/mol. The third kappa shape index (κ3) is 3.82. The van der Waals surface area contributed by atoms with Gasteiger partial charge in [-0.1, -0.05) is 25.4 Å². The van der Waals surface area contributed by atoms with Crippen LogP contribution < -0.4 is 10.6 Å². The number of amides is 3. The highest BCUT2D eigenvalue weighted by Gasteiger charge is 2.78. The molecule has 0 aromatic heterocycles. The van der Waals surface area contributed by atoms with E-state index in [1.807, 2.05) is 13.8 Å². The maximum absolute atomic E-state index is 13.7. The lowest BCUT2D eigenvalue weighted by molar-refractivity contribution is -0.146. The molecule has 5 atom stereocenters. The second-order valence-electron chi connectivity index (χ2n) is 9.23. The van der Waals surface area contributed by atoms with Gasteiger partial charge in [0.15, 0.2) is 0 Å². The highest BCUT2D eigenvalue weighted by Crippen LogP contribution is 2.64. The second-order valence-corrected chi connectivity index (χ2v) is 9.67. The first-order valence-corrected chi connectivity index (χ1v) is 12.2. The first-order valence-electron chi connectivity index (χ1n) is 11.8. The summed E-state index contributed by atoms with van der Waals surface area (Å²) in [6, 6.07) is 5.88. The third-order valence-corrected chi connectivity index (χ3v) is 7.68. The third-order valence-electron chi connectivity index (χ3n) is 7.43. The van der Waals surface area contributed by atoms with Gasteiger partial charge in [-0.15, -0.1) is 0 Å². The first kappa shape index (κ1) is 24.0. The number of fused-ring (bicyclic) bond motifs is 1. The van der Waals surface area contributed by atoms with Crippen LogP contribution in [-0.4, -0.2) is 64.7 Å². The van der Waals surface area contributed by atoms with Gasteiger partial charge < -0.3 is 25.4 Å². The van der Waals surface area contributed by atoms with E-state index in [9.17, 15) is 19.5 Å². The van der Waals surface area contributed by atoms with Crippen LogP contribution in [-0.2, 0) is 19.1 Å². The van der Waals surface area contributed by atoms with E-state index in [0.29, 0.717) is 42.9 Å². The molecule has 1 spiro atoms. The number of aliphatic hydroxyl groups excluding tert-OH is 1. The summed E-state index contributed by atoms with van der Waals surface area (Å²) in [6.45, 7) is 4.59. The Morgan fingerprint density at radius 1 is 1.21 bits per heavy atom. The van der Waals surface area contributed by atoms with Crippen molar-refractivity contribution in [3.05, 3.63) is 29.3 Å². The Bertz CT molecular complexity index is 925. The Hall–Kier alpha value is -2.16. The number of carbonyl (C=O) groups is 3. The predicted molar refractivity (Wildman–Crippen MR) is 124 cm³/mol. The molecule has 8 nitrogen and oxygen atoms in total. The van der Waals surface area contributed by atoms with Crippen LogP contribution in [0.2, 0.25) is 5.02 Å². The topological polar surface area (TPSA) is 108 Å². The molecule has 2 bridgehead atoms. The number of anilines is 1. The van der Waals surface area contributed by atoms with E-state index in [1.54, 1.807) is 24.3 Å². The summed E-state index contributed by atoms with van der Waals surface area (Å²) in [5.41, 5.74) is -1.25. The van der Waals surface area contributed by atoms with E-state index in [-0.39, 0.29) is 30.9 Å². The van der Waals surface area contributed by atoms with Crippen molar-refractivity contribution in [1.29, 1.82) is 0 Å². The van der Waals surface area contributed by atoms with Gasteiger partial charge in [-0.3, -0.25) is 14.4 Å². The molecule has 4 rings (SSSR count). The number of likely N-dealkylation sites (tertiary alicyclic amines) is 1. The van der Waals surface area contributed by atoms with Crippen molar-refractivity contribution in [2.45, 2.75) is 63.2 Å². The van der Waals surface area contributed by atoms with E-state index >= 15 is 0 Å². The minimum atomic E-state index is -1.06. The van der Waals surface area contributed by atoms with Gasteiger partial charge in [-0.05, 0) is 56.4 Å². The van der Waals surface area contributed by atoms with Crippen molar-refractivity contribution in [2.24, 2.45) is 11.8 Å². The molecule has 0 aliphatic carbocycles. The van der Waals surface area contributed by atoms with E-state index in [2.05, 4.69) is 10.6 Å². The van der Waals surface area contributed by atoms with Crippen molar-refractivity contribution < 1.29 is 24.2 Å². The minimum absolute atomic E-state index is 0.104. The van der Waals surface area contributed by atoms with Gasteiger partial charge >= 0.3 is 0 Å².